The summed E-state index contributed by atoms with van der Waals surface area (Å²) < 4.78 is 46.8. The Kier molecular flexibility index (Phi) is 18.8. The Morgan fingerprint density at radius 1 is 0.935 bits per heavy atom. The summed E-state index contributed by atoms with van der Waals surface area (Å²) in [7, 11) is -6.39. The topological polar surface area (TPSA) is 223 Å². The van der Waals surface area contributed by atoms with Crippen molar-refractivity contribution in [3.8, 4) is 0 Å². The van der Waals surface area contributed by atoms with Gasteiger partial charge in [0.1, 0.15) is 0 Å². The van der Waals surface area contributed by atoms with Gasteiger partial charge in [-0.05, 0) is 18.4 Å². The number of β-amino-alcohol motifs (C(OH)–C–C–N with tert-alkyl or cyclic N) is 2. The van der Waals surface area contributed by atoms with E-state index in [0.29, 0.717) is 25.9 Å². The molecule has 0 radical (unpaired) electrons. The van der Waals surface area contributed by atoms with Gasteiger partial charge in [-0.15, -0.1) is 0 Å². The molecule has 18 heteroatoms. The predicted octanol–water partition coefficient (Wildman–Crippen LogP) is -2.03. The van der Waals surface area contributed by atoms with Crippen LogP contribution >= 0.6 is 15.9 Å². The average Bonchev–Trinajstić information content (AvgIpc) is 2.59. The standard InChI is InChI=1S/C6H12BrNO3S.C6H12N4O3S.CH4.N3.Na/c1-12(10,11)8-3-2-5(7)6(9)4-8;1-14(12,13)10-3-2-5(8-9-7)6(11)4-10;;1-3-2;/h5-6,9H,2-4H2,1H3;5-6,11H,2-4H2,1H3;1H4;;/q;;;-1;+1/t5-,6-;5-,6+;;;/m10.../s1. The van der Waals surface area contributed by atoms with Crippen LogP contribution in [0.15, 0.2) is 5.11 Å². The van der Waals surface area contributed by atoms with Gasteiger partial charge >= 0.3 is 29.6 Å². The molecule has 2 aliphatic rings. The van der Waals surface area contributed by atoms with Crippen molar-refractivity contribution in [2.75, 3.05) is 38.7 Å². The van der Waals surface area contributed by atoms with Crippen LogP contribution in [0.1, 0.15) is 20.3 Å². The van der Waals surface area contributed by atoms with Gasteiger partial charge in [0.2, 0.25) is 20.0 Å². The number of hydrogen-bond donors (Lipinski definition) is 2. The maximum Gasteiger partial charge on any atom is 1.00 e. The van der Waals surface area contributed by atoms with E-state index in [1.807, 2.05) is 0 Å². The molecule has 0 spiro atoms. The number of sulfonamides is 2. The van der Waals surface area contributed by atoms with Gasteiger partial charge < -0.3 is 21.3 Å². The van der Waals surface area contributed by atoms with Gasteiger partial charge in [-0.1, -0.05) is 28.5 Å². The molecular weight excluding hydrogens is 531 g/mol. The van der Waals surface area contributed by atoms with Crippen molar-refractivity contribution in [1.82, 2.24) is 8.61 Å². The fourth-order valence-corrected chi connectivity index (χ4v) is 4.66. The first kappa shape index (κ1) is 35.4. The third-order valence-electron chi connectivity index (χ3n) is 4.11. The number of rotatable bonds is 3. The summed E-state index contributed by atoms with van der Waals surface area (Å²) in [6.45, 7) is 0.989. The fraction of sp³-hybridized carbons (Fsp3) is 1.00. The summed E-state index contributed by atoms with van der Waals surface area (Å²) in [6, 6.07) is -0.516. The summed E-state index contributed by atoms with van der Waals surface area (Å²) in [5, 5.41) is 22.2. The second kappa shape index (κ2) is 16.5. The smallest absolute Gasteiger partial charge is 0.391 e. The molecule has 2 N–H and O–H groups in total. The van der Waals surface area contributed by atoms with Gasteiger partial charge in [-0.25, -0.2) is 16.8 Å². The van der Waals surface area contributed by atoms with Gasteiger partial charge in [-0.3, -0.25) is 4.91 Å². The van der Waals surface area contributed by atoms with Crippen molar-refractivity contribution in [2.45, 2.75) is 43.3 Å². The molecule has 2 aliphatic heterocycles. The molecule has 0 bridgehead atoms. The van der Waals surface area contributed by atoms with E-state index >= 15 is 0 Å². The minimum absolute atomic E-state index is 0. The number of nitrogens with zero attached hydrogens (tertiary/aromatic N) is 8. The van der Waals surface area contributed by atoms with Crippen LogP contribution in [0.25, 0.3) is 26.4 Å². The first-order chi connectivity index (χ1) is 13.3. The Labute approximate surface area is 213 Å². The molecule has 0 amide bonds. The Morgan fingerprint density at radius 3 is 1.65 bits per heavy atom. The second-order valence-corrected chi connectivity index (χ2v) is 11.5. The molecule has 4 atom stereocenters. The number of azide groups is 1. The van der Waals surface area contributed by atoms with Gasteiger partial charge in [-0.2, -0.15) is 8.61 Å². The quantitative estimate of drug-likeness (QED) is 0.130. The van der Waals surface area contributed by atoms with Gasteiger partial charge in [0.05, 0.1) is 30.8 Å². The fourth-order valence-electron chi connectivity index (χ4n) is 2.57. The number of hydrogen-bond acceptors (Lipinski definition) is 7. The van der Waals surface area contributed by atoms with Crippen LogP contribution in [0, 0.1) is 0 Å². The average molecular weight is 559 g/mol. The van der Waals surface area contributed by atoms with Crippen LogP contribution in [-0.2, 0) is 20.0 Å². The van der Waals surface area contributed by atoms with Crippen LogP contribution in [0.3, 0.4) is 0 Å². The van der Waals surface area contributed by atoms with Crippen molar-refractivity contribution in [3.63, 3.8) is 0 Å². The zero-order chi connectivity index (χ0) is 22.8. The molecule has 2 fully saturated rings. The first-order valence-corrected chi connectivity index (χ1v) is 12.8. The number of alkyl halides is 1. The molecular formula is C13H28BrN8NaO6S2. The van der Waals surface area contributed by atoms with Crippen LogP contribution < -0.4 is 29.6 Å². The maximum absolute atomic E-state index is 11.1. The molecule has 0 aliphatic carbocycles. The predicted molar refractivity (Wildman–Crippen MR) is 117 cm³/mol. The molecule has 176 valence electrons. The number of halogens is 1. The molecule has 2 heterocycles. The van der Waals surface area contributed by atoms with Crippen molar-refractivity contribution in [3.05, 3.63) is 26.4 Å². The van der Waals surface area contributed by atoms with Gasteiger partial charge in [0.15, 0.2) is 0 Å². The Bertz CT molecular complexity index is 820. The van der Waals surface area contributed by atoms with Crippen LogP contribution in [0.2, 0.25) is 0 Å². The molecule has 2 saturated heterocycles. The number of piperidine rings is 2. The third-order valence-corrected chi connectivity index (χ3v) is 7.72. The first-order valence-electron chi connectivity index (χ1n) is 8.21. The van der Waals surface area contributed by atoms with E-state index in [1.54, 1.807) is 0 Å². The molecule has 0 saturated carbocycles. The van der Waals surface area contributed by atoms with E-state index in [9.17, 15) is 27.0 Å². The molecule has 31 heavy (non-hydrogen) atoms. The SMILES string of the molecule is C.CS(=O)(=O)N1CC[C@@H](Br)[C@H](O)C1.CS(=O)(=O)N1CC[C@H](N=[N+]=[N-])[C@H](O)C1.[N-]=[N+]=[N-].[Na+]. The maximum atomic E-state index is 11.1. The largest absolute Gasteiger partial charge is 1.00 e. The summed E-state index contributed by atoms with van der Waals surface area (Å²) in [5.74, 6) is 0. The van der Waals surface area contributed by atoms with Crippen LogP contribution in [-0.4, -0.2) is 97.4 Å². The normalized spacial score (nSPS) is 26.6. The van der Waals surface area contributed by atoms with Crippen LogP contribution in [0.5, 0.6) is 0 Å². The van der Waals surface area contributed by atoms with E-state index in [2.05, 4.69) is 26.0 Å². The van der Waals surface area contributed by atoms with Crippen molar-refractivity contribution >= 4 is 36.0 Å². The summed E-state index contributed by atoms with van der Waals surface area (Å²) in [6.07, 6.45) is 1.77. The molecule has 2 rings (SSSR count). The Balaban J connectivity index is -0.000000427. The van der Waals surface area contributed by atoms with E-state index in [0.717, 1.165) is 12.5 Å². The van der Waals surface area contributed by atoms with E-state index < -0.39 is 38.3 Å². The third kappa shape index (κ3) is 13.9. The molecule has 14 nitrogen and oxygen atoms in total. The van der Waals surface area contributed by atoms with Crippen molar-refractivity contribution < 1.29 is 56.6 Å². The molecule has 0 aromatic carbocycles. The number of aliphatic hydroxyl groups excluding tert-OH is 2. The molecule has 0 aromatic heterocycles. The molecule has 0 unspecified atom stereocenters. The molecule has 0 aromatic rings. The van der Waals surface area contributed by atoms with Gasteiger partial charge in [0.25, 0.3) is 0 Å². The Hall–Kier alpha value is -0.160. The Morgan fingerprint density at radius 2 is 1.32 bits per heavy atom. The summed E-state index contributed by atoms with van der Waals surface area (Å²) in [4.78, 5) is 4.12. The summed E-state index contributed by atoms with van der Waals surface area (Å²) in [5.41, 5.74) is 21.7. The minimum Gasteiger partial charge on any atom is -0.391 e. The van der Waals surface area contributed by atoms with Crippen molar-refractivity contribution in [2.24, 2.45) is 5.11 Å². The van der Waals surface area contributed by atoms with E-state index in [1.165, 1.54) is 13.5 Å². The monoisotopic (exact) mass is 558 g/mol. The zero-order valence-electron chi connectivity index (χ0n) is 16.9. The number of aliphatic hydroxyl groups is 2. The minimum atomic E-state index is -3.26. The zero-order valence-corrected chi connectivity index (χ0v) is 22.1. The summed E-state index contributed by atoms with van der Waals surface area (Å²) >= 11 is 3.28. The van der Waals surface area contributed by atoms with E-state index in [4.69, 9.17) is 16.6 Å². The van der Waals surface area contributed by atoms with Crippen LogP contribution in [0.4, 0.5) is 0 Å². The second-order valence-electron chi connectivity index (χ2n) is 6.33. The van der Waals surface area contributed by atoms with E-state index in [-0.39, 0.29) is 54.9 Å². The van der Waals surface area contributed by atoms with Gasteiger partial charge in [0, 0.05) is 35.9 Å². The van der Waals surface area contributed by atoms with Crippen molar-refractivity contribution in [1.29, 1.82) is 0 Å².